The molecule has 578 valence electrons. The Morgan fingerprint density at radius 3 is 1.26 bits per heavy atom. The van der Waals surface area contributed by atoms with Crippen LogP contribution in [-0.2, 0) is 86.9 Å². The molecular weight excluding hydrogens is 1370 g/mol. The Bertz CT molecular complexity index is 4720. The van der Waals surface area contributed by atoms with Gasteiger partial charge in [0.1, 0.15) is 31.4 Å². The highest BCUT2D eigenvalue weighted by molar-refractivity contribution is 5.89. The lowest BCUT2D eigenvalue weighted by molar-refractivity contribution is -0.150. The van der Waals surface area contributed by atoms with Crippen molar-refractivity contribution in [1.29, 1.82) is 0 Å². The number of amides is 3. The zero-order chi connectivity index (χ0) is 78.5. The maximum absolute atomic E-state index is 12.3. The predicted molar refractivity (Wildman–Crippen MR) is 432 cm³/mol. The standard InChI is InChI=1S/2C22H24N2O2.C15H19NO3.C14H18N2.C8H12O3.C7H10N2.CH4O/c1-15-7-6-10-19-20(15)17-13-22(2,12-11-18(17)23-19)24-21(25)26-14-16-8-4-3-5-9-16;1-15-8-9-17-18-13-22(2,11-10-19(18)23-20(17)12-15)24-21(25)26-14-16-6-4-3-5-7-16;1-15(9-7-13(17)8-10-15)16-14(18)19-11-12-5-3-2-4-6-12;1-9-3-4-10-11-8-14(2,15)6-5-12(11)16-13(10)7-9;1-8(7(10)11)4-2-6(9)3-5-8;1-6-3-2-4-7(5-6)9-8;1-2/h3-10,23H,11-14H2,1-2H3,(H,24,25);3-9,12,23H,10-11,13-14H2,1-2H3,(H,24,25);2-6H,7-11H2,1H3,(H,16,18);3-4,7,16H,5-6,8,15H2,1-2H3;2-5H2,1H3,(H,10,11);2-5,9H,8H2,1H3;2H,1H3. The van der Waals surface area contributed by atoms with Crippen molar-refractivity contribution in [3.05, 3.63) is 243 Å². The van der Waals surface area contributed by atoms with Gasteiger partial charge in [-0.25, -0.2) is 14.4 Å². The van der Waals surface area contributed by atoms with E-state index < -0.39 is 17.5 Å². The van der Waals surface area contributed by atoms with Gasteiger partial charge in [-0.15, -0.1) is 0 Å². The topological polar surface area (TPSA) is 318 Å². The van der Waals surface area contributed by atoms with Crippen molar-refractivity contribution in [2.24, 2.45) is 17.0 Å². The summed E-state index contributed by atoms with van der Waals surface area (Å²) in [4.78, 5) is 79.7. The summed E-state index contributed by atoms with van der Waals surface area (Å²) >= 11 is 0. The number of aliphatic hydroxyl groups is 1. The van der Waals surface area contributed by atoms with Crippen LogP contribution in [0.1, 0.15) is 178 Å². The van der Waals surface area contributed by atoms with E-state index in [9.17, 15) is 28.8 Å². The van der Waals surface area contributed by atoms with Gasteiger partial charge in [0, 0.05) is 110 Å². The van der Waals surface area contributed by atoms with Crippen molar-refractivity contribution in [3.8, 4) is 0 Å². The average molecular weight is 1480 g/mol. The molecule has 3 amide bonds. The van der Waals surface area contributed by atoms with Crippen LogP contribution in [0.5, 0.6) is 0 Å². The Morgan fingerprint density at radius 2 is 0.817 bits per heavy atom. The molecule has 0 bridgehead atoms. The first-order valence-corrected chi connectivity index (χ1v) is 37.9. The van der Waals surface area contributed by atoms with Crippen LogP contribution in [0, 0.1) is 33.1 Å². The van der Waals surface area contributed by atoms with Crippen molar-refractivity contribution in [1.82, 2.24) is 30.9 Å². The van der Waals surface area contributed by atoms with Crippen LogP contribution in [0.4, 0.5) is 20.1 Å². The van der Waals surface area contributed by atoms with Crippen LogP contribution < -0.4 is 33.0 Å². The zero-order valence-corrected chi connectivity index (χ0v) is 65.0. The van der Waals surface area contributed by atoms with Gasteiger partial charge in [-0.2, -0.15) is 0 Å². The monoisotopic (exact) mass is 1480 g/mol. The van der Waals surface area contributed by atoms with E-state index in [0.717, 1.165) is 87.3 Å². The van der Waals surface area contributed by atoms with Gasteiger partial charge in [0.05, 0.1) is 5.41 Å². The molecule has 2 fully saturated rings. The molecule has 0 spiro atoms. The minimum absolute atomic E-state index is 0.0347. The Morgan fingerprint density at radius 1 is 0.431 bits per heavy atom. The number of aryl methyl sites for hydroxylation is 7. The molecule has 5 aliphatic carbocycles. The Kier molecular flexibility index (Phi) is 28.4. The number of fused-ring (bicyclic) bond motifs is 9. The lowest BCUT2D eigenvalue weighted by atomic mass is 9.75. The molecule has 20 nitrogen and oxygen atoms in total. The van der Waals surface area contributed by atoms with E-state index >= 15 is 0 Å². The number of carboxylic acid groups (broad SMARTS) is 1. The first-order valence-electron chi connectivity index (χ1n) is 37.9. The summed E-state index contributed by atoms with van der Waals surface area (Å²) in [7, 11) is 1.00. The number of nitrogens with two attached hydrogens (primary N) is 2. The van der Waals surface area contributed by atoms with Gasteiger partial charge in [-0.3, -0.25) is 20.2 Å². The number of aromatic nitrogens is 3. The number of alkyl carbamates (subject to hydrolysis) is 3. The van der Waals surface area contributed by atoms with Crippen molar-refractivity contribution < 1.29 is 53.2 Å². The molecule has 3 heterocycles. The molecule has 7 aromatic carbocycles. The van der Waals surface area contributed by atoms with Crippen LogP contribution >= 0.6 is 0 Å². The predicted octanol–water partition coefficient (Wildman–Crippen LogP) is 16.9. The third kappa shape index (κ3) is 23.5. The van der Waals surface area contributed by atoms with Gasteiger partial charge in [0.25, 0.3) is 0 Å². The number of rotatable bonds is 11. The van der Waals surface area contributed by atoms with Gasteiger partial charge in [0.2, 0.25) is 0 Å². The highest BCUT2D eigenvalue weighted by atomic mass is 16.6. The summed E-state index contributed by atoms with van der Waals surface area (Å²) in [5.74, 6) is 4.87. The molecule has 0 aliphatic heterocycles. The van der Waals surface area contributed by atoms with Gasteiger partial charge >= 0.3 is 24.2 Å². The Hall–Kier alpha value is -10.5. The molecule has 3 aromatic heterocycles. The number of aliphatic hydroxyl groups excluding tert-OH is 1. The van der Waals surface area contributed by atoms with E-state index in [1.54, 1.807) is 6.92 Å². The summed E-state index contributed by atoms with van der Waals surface area (Å²) in [6.45, 7) is 19.3. The van der Waals surface area contributed by atoms with Crippen molar-refractivity contribution in [2.45, 2.75) is 213 Å². The number of hydrazine groups is 1. The van der Waals surface area contributed by atoms with Crippen molar-refractivity contribution in [2.75, 3.05) is 12.5 Å². The molecule has 109 heavy (non-hydrogen) atoms. The number of benzene rings is 7. The fourth-order valence-electron chi connectivity index (χ4n) is 14.8. The fraction of sp³-hybridized carbons (Fsp3) is 0.393. The molecule has 20 heteroatoms. The number of nitrogens with one attached hydrogen (secondary N) is 7. The number of nitrogen functional groups attached to an aromatic ring is 1. The molecular formula is C89H111N9O11. The van der Waals surface area contributed by atoms with E-state index in [1.165, 1.54) is 88.7 Å². The number of H-pyrrole nitrogens is 3. The average Bonchev–Trinajstić information content (AvgIpc) is 1.63. The number of ether oxygens (including phenoxy) is 3. The van der Waals surface area contributed by atoms with Crippen LogP contribution in [0.15, 0.2) is 170 Å². The molecule has 13 N–H and O–H groups in total. The van der Waals surface area contributed by atoms with E-state index in [1.807, 2.05) is 129 Å². The molecule has 2 saturated carbocycles. The second-order valence-electron chi connectivity index (χ2n) is 31.2. The molecule has 3 unspecified atom stereocenters. The smallest absolute Gasteiger partial charge is 0.407 e. The first-order chi connectivity index (χ1) is 52.1. The molecule has 3 atom stereocenters. The maximum Gasteiger partial charge on any atom is 0.407 e. The summed E-state index contributed by atoms with van der Waals surface area (Å²) < 4.78 is 16.0. The third-order valence-electron chi connectivity index (χ3n) is 21.4. The normalized spacial score (nSPS) is 19.0. The van der Waals surface area contributed by atoms with Gasteiger partial charge < -0.3 is 66.5 Å². The Balaban J connectivity index is 0.000000155. The summed E-state index contributed by atoms with van der Waals surface area (Å²) in [5.41, 5.74) is 27.9. The second kappa shape index (κ2) is 37.5. The Labute approximate surface area is 640 Å². The number of Topliss-reactive ketones (excluding diaryl/α,β-unsaturated/α-hetero) is 2. The minimum atomic E-state index is -0.773. The largest absolute Gasteiger partial charge is 0.481 e. The number of carboxylic acids is 1. The summed E-state index contributed by atoms with van der Waals surface area (Å²) in [5, 5.41) is 28.8. The quantitative estimate of drug-likeness (QED) is 0.0326. The van der Waals surface area contributed by atoms with Crippen molar-refractivity contribution >= 4 is 74.2 Å². The molecule has 0 saturated heterocycles. The molecule has 0 radical (unpaired) electrons. The van der Waals surface area contributed by atoms with Crippen LogP contribution in [-0.4, -0.2) is 90.2 Å². The second-order valence-corrected chi connectivity index (χ2v) is 31.2. The number of ketones is 2. The third-order valence-corrected chi connectivity index (χ3v) is 21.4. The van der Waals surface area contributed by atoms with Gasteiger partial charge in [0.15, 0.2) is 0 Å². The van der Waals surface area contributed by atoms with E-state index in [4.69, 9.17) is 36.0 Å². The zero-order valence-electron chi connectivity index (χ0n) is 65.0. The number of hydrogen-bond donors (Lipinski definition) is 11. The fourth-order valence-corrected chi connectivity index (χ4v) is 14.8. The summed E-state index contributed by atoms with van der Waals surface area (Å²) in [6.07, 6.45) is 11.6. The van der Waals surface area contributed by atoms with Crippen LogP contribution in [0.3, 0.4) is 0 Å². The van der Waals surface area contributed by atoms with E-state index in [0.29, 0.717) is 64.6 Å². The van der Waals surface area contributed by atoms with Crippen molar-refractivity contribution in [3.63, 3.8) is 0 Å². The number of hydrogen-bond acceptors (Lipinski definition) is 13. The molecule has 15 rings (SSSR count). The first kappa shape index (κ1) is 82.5. The van der Waals surface area contributed by atoms with E-state index in [-0.39, 0.29) is 52.5 Å². The lowest BCUT2D eigenvalue weighted by Crippen LogP contribution is -2.49. The number of aliphatic carboxylic acids is 1. The van der Waals surface area contributed by atoms with Crippen LogP contribution in [0.2, 0.25) is 0 Å². The highest BCUT2D eigenvalue weighted by Gasteiger charge is 2.39. The lowest BCUT2D eigenvalue weighted by Gasteiger charge is -2.34. The van der Waals surface area contributed by atoms with Gasteiger partial charge in [-0.1, -0.05) is 140 Å². The number of carbonyl (C=O) groups excluding carboxylic acids is 5. The number of carbonyl (C=O) groups is 6. The number of anilines is 1. The van der Waals surface area contributed by atoms with Gasteiger partial charge in [-0.05, 0) is 232 Å². The molecule has 10 aromatic rings. The maximum atomic E-state index is 12.3. The SMILES string of the molecule is CC1(C(=O)O)CCC(=O)CC1.CC1(NC(=O)OCc2ccccc2)CCC(=O)CC1.CO.Cc1ccc2c3c([nH]c2c1)CCC(C)(N)C3.Cc1ccc2c3c([nH]c2c1)CCC(C)(NC(=O)OCc1ccccc1)C3.Cc1cccc(NN)c1.Cc1cccc2[nH]c3c(c12)CC(C)(NC(=O)OCc1ccccc1)CC3. The minimum Gasteiger partial charge on any atom is -0.481 e. The van der Waals surface area contributed by atoms with Crippen LogP contribution in [0.25, 0.3) is 32.7 Å². The van der Waals surface area contributed by atoms with E-state index in [2.05, 4.69) is 132 Å². The highest BCUT2D eigenvalue weighted by Crippen LogP contribution is 2.39. The summed E-state index contributed by atoms with van der Waals surface area (Å²) in [6, 6.07) is 56.4. The molecule has 5 aliphatic rings. The number of aromatic amines is 3.